The summed E-state index contributed by atoms with van der Waals surface area (Å²) in [7, 11) is 2.52. The lowest BCUT2D eigenvalue weighted by Crippen LogP contribution is -2.37. The standard InChI is InChI=1S/C18H22O.C17H22O3.C17H18O2.C15H16O.C12H12O2.C10H10O4.C10H10O.7C2H6/c1-11(2)18-10-9-16(19)12(3)17(18)15-8-6-5-7-14(15)13(18)4;1-3-17(19-10-11-20-17)9-8-14-12(2)13-6-4-5-7-15(13)16(14)18;1-10(2)17-9-8-14(18)11(3)15(17)12-6-4-5-7-13(12)16(17)19;1-9-11-5-3-4-6-13(11)15-10(2)14(16)8-7-12(9)15;1-7(2)10-11(13)8-5-3-4-6-9(8)12(10)14;1-13-9(11)7-5-3-4-6-8(7)10(12)14-2;1-7-6-10(11)9-5-3-2-4-8(7)9;7*1-2/h5-8,11,13H,9-10H2,1-4H3;4-7,12,14H,3,8-11H2,1-2H3;4-7,10H,8-9H2,1-3H3;3-6,9,12H,7-8H2,1-2H3;3-7,10H,1-2H3;3-6H,1-2H3;2-5,7H,6H2,1H3;7*1-2H3. The van der Waals surface area contributed by atoms with Crippen LogP contribution < -0.4 is 0 Å². The second kappa shape index (κ2) is 51.8. The second-order valence-corrected chi connectivity index (χ2v) is 32.8. The van der Waals surface area contributed by atoms with Crippen molar-refractivity contribution < 1.29 is 66.9 Å². The molecular formula is C113H152O14. The minimum absolute atomic E-state index is 0.0133. The van der Waals surface area contributed by atoms with Gasteiger partial charge in [-0.25, -0.2) is 9.59 Å². The zero-order chi connectivity index (χ0) is 95.7. The molecular weight excluding hydrogens is 1580 g/mol. The molecule has 10 aliphatic rings. The minimum atomic E-state index is -0.550. The molecule has 0 saturated carbocycles. The molecule has 0 aromatic heterocycles. The average molecular weight is 1730 g/mol. The third-order valence-electron chi connectivity index (χ3n) is 26.1. The van der Waals surface area contributed by atoms with Crippen LogP contribution in [-0.4, -0.2) is 91.4 Å². The topological polar surface area (TPSA) is 208 Å². The van der Waals surface area contributed by atoms with Gasteiger partial charge in [0.1, 0.15) is 0 Å². The maximum atomic E-state index is 12.9. The van der Waals surface area contributed by atoms with Crippen molar-refractivity contribution in [2.75, 3.05) is 27.4 Å². The fraction of sp³-hybridized carbons (Fsp3) is 0.487. The number of rotatable bonds is 9. The number of carbonyl (C=O) groups is 10. The number of methoxy groups -OCH3 is 2. The highest BCUT2D eigenvalue weighted by Crippen LogP contribution is 2.64. The van der Waals surface area contributed by atoms with Crippen molar-refractivity contribution in [2.24, 2.45) is 46.3 Å². The van der Waals surface area contributed by atoms with Crippen LogP contribution in [0.3, 0.4) is 0 Å². The number of ketones is 8. The Hall–Kier alpha value is -10.0. The molecule has 9 aliphatic carbocycles. The summed E-state index contributed by atoms with van der Waals surface area (Å²) < 4.78 is 20.6. The Kier molecular flexibility index (Phi) is 44.6. The molecule has 7 aromatic rings. The molecule has 14 nitrogen and oxygen atoms in total. The highest BCUT2D eigenvalue weighted by molar-refractivity contribution is 6.26. The van der Waals surface area contributed by atoms with E-state index in [0.29, 0.717) is 103 Å². The van der Waals surface area contributed by atoms with E-state index in [0.717, 1.165) is 83.1 Å². The van der Waals surface area contributed by atoms with Crippen LogP contribution in [0.2, 0.25) is 0 Å². The highest BCUT2D eigenvalue weighted by atomic mass is 16.7. The van der Waals surface area contributed by atoms with E-state index in [4.69, 9.17) is 9.47 Å². The maximum Gasteiger partial charge on any atom is 0.338 e. The summed E-state index contributed by atoms with van der Waals surface area (Å²) in [5.74, 6) is 2.98. The molecule has 8 unspecified atom stereocenters. The lowest BCUT2D eigenvalue weighted by Gasteiger charge is -2.43. The van der Waals surface area contributed by atoms with Crippen molar-refractivity contribution >= 4 is 74.9 Å². The van der Waals surface area contributed by atoms with E-state index in [2.05, 4.69) is 126 Å². The van der Waals surface area contributed by atoms with Gasteiger partial charge in [-0.2, -0.15) is 0 Å². The predicted molar refractivity (Wildman–Crippen MR) is 522 cm³/mol. The molecule has 14 heteroatoms. The molecule has 7 aromatic carbocycles. The quantitative estimate of drug-likeness (QED) is 0.0973. The van der Waals surface area contributed by atoms with E-state index in [9.17, 15) is 47.9 Å². The smallest absolute Gasteiger partial charge is 0.338 e. The summed E-state index contributed by atoms with van der Waals surface area (Å²) in [4.78, 5) is 119. The van der Waals surface area contributed by atoms with Crippen molar-refractivity contribution in [3.05, 3.63) is 264 Å². The molecule has 1 heterocycles. The van der Waals surface area contributed by atoms with Crippen molar-refractivity contribution in [1.82, 2.24) is 0 Å². The number of Topliss-reactive ketones (excluding diaryl/α,β-unsaturated/α-hetero) is 8. The van der Waals surface area contributed by atoms with Crippen LogP contribution in [0.1, 0.15) is 393 Å². The first-order chi connectivity index (χ1) is 61.0. The normalized spacial score (nSPS) is 21.3. The Morgan fingerprint density at radius 2 is 0.819 bits per heavy atom. The fourth-order valence-corrected chi connectivity index (χ4v) is 19.8. The molecule has 0 amide bonds. The van der Waals surface area contributed by atoms with Gasteiger partial charge in [-0.3, -0.25) is 38.4 Å². The Labute approximate surface area is 763 Å². The molecule has 0 N–H and O–H groups in total. The van der Waals surface area contributed by atoms with E-state index in [1.54, 1.807) is 36.4 Å². The number of ether oxygens (including phenoxy) is 4. The molecule has 1 saturated heterocycles. The summed E-state index contributed by atoms with van der Waals surface area (Å²) in [6.45, 7) is 58.8. The van der Waals surface area contributed by atoms with Crippen molar-refractivity contribution in [3.63, 3.8) is 0 Å². The molecule has 0 radical (unpaired) electrons. The molecule has 8 atom stereocenters. The van der Waals surface area contributed by atoms with Crippen LogP contribution in [0.5, 0.6) is 0 Å². The molecule has 1 aliphatic heterocycles. The minimum Gasteiger partial charge on any atom is -0.465 e. The van der Waals surface area contributed by atoms with Gasteiger partial charge in [-0.1, -0.05) is 331 Å². The van der Waals surface area contributed by atoms with E-state index < -0.39 is 29.1 Å². The molecule has 1 fully saturated rings. The van der Waals surface area contributed by atoms with Crippen LogP contribution in [0, 0.1) is 46.3 Å². The molecule has 0 bridgehead atoms. The largest absolute Gasteiger partial charge is 0.465 e. The van der Waals surface area contributed by atoms with Crippen molar-refractivity contribution in [2.45, 2.75) is 288 Å². The fourth-order valence-electron chi connectivity index (χ4n) is 19.8. The third-order valence-corrected chi connectivity index (χ3v) is 26.1. The zero-order valence-corrected chi connectivity index (χ0v) is 82.6. The number of fused-ring (bicyclic) bond motifs is 12. The van der Waals surface area contributed by atoms with Crippen LogP contribution in [0.25, 0.3) is 16.7 Å². The van der Waals surface area contributed by atoms with Crippen LogP contribution in [0.4, 0.5) is 0 Å². The number of carbonyl (C=O) groups excluding carboxylic acids is 10. The summed E-state index contributed by atoms with van der Waals surface area (Å²) >= 11 is 0. The van der Waals surface area contributed by atoms with Gasteiger partial charge >= 0.3 is 11.9 Å². The monoisotopic (exact) mass is 1730 g/mol. The predicted octanol–water partition coefficient (Wildman–Crippen LogP) is 28.5. The summed E-state index contributed by atoms with van der Waals surface area (Å²) in [6, 6.07) is 54.2. The average Bonchev–Trinajstić information content (AvgIpc) is 1.55. The molecule has 17 rings (SSSR count). The van der Waals surface area contributed by atoms with Gasteiger partial charge in [-0.05, 0) is 185 Å². The Morgan fingerprint density at radius 3 is 1.28 bits per heavy atom. The lowest BCUT2D eigenvalue weighted by molar-refractivity contribution is -0.165. The Bertz CT molecular complexity index is 4920. The van der Waals surface area contributed by atoms with Crippen molar-refractivity contribution in [3.8, 4) is 0 Å². The number of hydrogen-bond acceptors (Lipinski definition) is 14. The van der Waals surface area contributed by atoms with E-state index in [-0.39, 0.29) is 63.2 Å². The van der Waals surface area contributed by atoms with E-state index >= 15 is 0 Å². The third kappa shape index (κ3) is 23.4. The van der Waals surface area contributed by atoms with Gasteiger partial charge in [0.25, 0.3) is 0 Å². The van der Waals surface area contributed by atoms with Gasteiger partial charge < -0.3 is 18.9 Å². The van der Waals surface area contributed by atoms with E-state index in [1.807, 2.05) is 198 Å². The molecule has 127 heavy (non-hydrogen) atoms. The summed E-state index contributed by atoms with van der Waals surface area (Å²) in [6.07, 6.45) is 7.81. The first-order valence-electron chi connectivity index (χ1n) is 47.5. The SMILES string of the molecule is CC.CC.CC.CC.CC.CC.CC.CC(C)C1C(=O)c2ccccc2C1=O.CC1=C2c3ccccc3C(=O)C2(C(C)C)CCC1=O.CC1=C2c3ccccc3C(C)C2(C(C)C)CCC1=O.CC1=C2c3ccccc3C(C)C2CCC1=O.CC1CC(=O)c2ccccc21.CCC1(CCC2C(=O)c3ccccc3C2C)OCCO1.COC(=O)c1ccccc1C(=O)OC. The first kappa shape index (κ1) is 109. The molecule has 688 valence electrons. The van der Waals surface area contributed by atoms with Crippen LogP contribution >= 0.6 is 0 Å². The number of esters is 2. The second-order valence-electron chi connectivity index (χ2n) is 32.8. The highest BCUT2D eigenvalue weighted by Gasteiger charge is 2.55. The van der Waals surface area contributed by atoms with Gasteiger partial charge in [0, 0.05) is 71.3 Å². The number of benzene rings is 7. The molecule has 0 spiro atoms. The first-order valence-corrected chi connectivity index (χ1v) is 47.5. The van der Waals surface area contributed by atoms with Crippen molar-refractivity contribution in [1.29, 1.82) is 0 Å². The number of hydrogen-bond donors (Lipinski definition) is 0. The van der Waals surface area contributed by atoms with Gasteiger partial charge in [0.15, 0.2) is 52.1 Å². The Balaban J connectivity index is 0.000000305. The summed E-state index contributed by atoms with van der Waals surface area (Å²) in [5.41, 5.74) is 19.3. The number of allylic oxidation sites excluding steroid dienone is 6. The van der Waals surface area contributed by atoms with Crippen LogP contribution in [-0.2, 0) is 33.3 Å². The van der Waals surface area contributed by atoms with E-state index in [1.165, 1.54) is 70.9 Å². The van der Waals surface area contributed by atoms with Gasteiger partial charge in [-0.15, -0.1) is 0 Å². The zero-order valence-electron chi connectivity index (χ0n) is 82.6. The summed E-state index contributed by atoms with van der Waals surface area (Å²) in [5, 5.41) is 0. The maximum absolute atomic E-state index is 12.9. The Morgan fingerprint density at radius 1 is 0.417 bits per heavy atom. The van der Waals surface area contributed by atoms with Gasteiger partial charge in [0.05, 0.1) is 49.9 Å². The lowest BCUT2D eigenvalue weighted by atomic mass is 9.60. The van der Waals surface area contributed by atoms with Gasteiger partial charge in [0.2, 0.25) is 0 Å². The van der Waals surface area contributed by atoms with Crippen LogP contribution in [0.15, 0.2) is 187 Å².